The highest BCUT2D eigenvalue weighted by Crippen LogP contribution is 2.48. The van der Waals surface area contributed by atoms with Crippen LogP contribution >= 0.6 is 11.6 Å². The van der Waals surface area contributed by atoms with Crippen LogP contribution in [0.3, 0.4) is 0 Å². The summed E-state index contributed by atoms with van der Waals surface area (Å²) >= 11 is 6.82. The van der Waals surface area contributed by atoms with Crippen LogP contribution in [0.5, 0.6) is 0 Å². The van der Waals surface area contributed by atoms with Gasteiger partial charge in [0.15, 0.2) is 17.7 Å². The molecule has 2 saturated heterocycles. The molecule has 0 aliphatic carbocycles. The van der Waals surface area contributed by atoms with Gasteiger partial charge in [0.1, 0.15) is 16.7 Å². The van der Waals surface area contributed by atoms with Crippen molar-refractivity contribution < 1.29 is 24.2 Å². The lowest BCUT2D eigenvalue weighted by Gasteiger charge is -2.42. The minimum Gasteiger partial charge on any atom is -0.464 e. The molecule has 4 aromatic heterocycles. The predicted molar refractivity (Wildman–Crippen MR) is 180 cm³/mol. The van der Waals surface area contributed by atoms with E-state index in [0.29, 0.717) is 42.6 Å². The van der Waals surface area contributed by atoms with Crippen LogP contribution in [0.1, 0.15) is 70.8 Å². The fraction of sp³-hybridized carbons (Fsp3) is 0.531. The predicted octanol–water partition coefficient (Wildman–Crippen LogP) is 4.46. The molecule has 2 fully saturated rings. The highest BCUT2D eigenvalue weighted by molar-refractivity contribution is 6.37. The number of imide groups is 1. The average molecular weight is 695 g/mol. The second-order valence-corrected chi connectivity index (χ2v) is 14.3. The Morgan fingerprint density at radius 3 is 2.59 bits per heavy atom. The second kappa shape index (κ2) is 12.1. The Balaban J connectivity index is 1.30. The van der Waals surface area contributed by atoms with Gasteiger partial charge in [0.25, 0.3) is 5.56 Å². The number of carboxylic acid groups (broad SMARTS) is 1. The van der Waals surface area contributed by atoms with Crippen LogP contribution in [-0.4, -0.2) is 76.7 Å². The number of nitrogens with zero attached hydrogens (tertiary/aromatic N) is 9. The molecule has 2 amide bonds. The largest absolute Gasteiger partial charge is 0.464 e. The van der Waals surface area contributed by atoms with Crippen LogP contribution < -0.4 is 21.1 Å². The maximum Gasteiger partial charge on any atom is 0.425 e. The van der Waals surface area contributed by atoms with Gasteiger partial charge in [-0.15, -0.1) is 0 Å². The van der Waals surface area contributed by atoms with Crippen LogP contribution in [0.4, 0.5) is 21.4 Å². The summed E-state index contributed by atoms with van der Waals surface area (Å²) in [6.07, 6.45) is 3.83. The first-order valence-corrected chi connectivity index (χ1v) is 16.7. The summed E-state index contributed by atoms with van der Waals surface area (Å²) in [7, 11) is 1.66. The number of carbonyl (C=O) groups excluding carboxylic acids is 1. The van der Waals surface area contributed by atoms with Gasteiger partial charge in [-0.05, 0) is 65.0 Å². The van der Waals surface area contributed by atoms with Gasteiger partial charge in [-0.3, -0.25) is 14.0 Å². The van der Waals surface area contributed by atoms with Crippen LogP contribution in [-0.2, 0) is 23.1 Å². The molecule has 7 rings (SSSR count). The number of rotatable bonds is 4. The minimum atomic E-state index is -1.64. The Hall–Kier alpha value is -4.54. The number of aromatic nitrogens is 7. The van der Waals surface area contributed by atoms with Crippen LogP contribution in [0.2, 0.25) is 5.02 Å². The fourth-order valence-corrected chi connectivity index (χ4v) is 7.44. The van der Waals surface area contributed by atoms with Crippen molar-refractivity contribution in [3.63, 3.8) is 0 Å². The third-order valence-corrected chi connectivity index (χ3v) is 10.1. The maximum atomic E-state index is 14.3. The molecular weight excluding hydrogens is 656 g/mol. The first kappa shape index (κ1) is 33.0. The highest BCUT2D eigenvalue weighted by atomic mass is 35.5. The number of hydrogen-bond acceptors (Lipinski definition) is 11. The van der Waals surface area contributed by atoms with E-state index in [4.69, 9.17) is 36.9 Å². The molecule has 3 aliphatic rings. The molecule has 1 spiro atoms. The van der Waals surface area contributed by atoms with Gasteiger partial charge < -0.3 is 25.2 Å². The number of fused-ring (bicyclic) bond motifs is 2. The van der Waals surface area contributed by atoms with Crippen LogP contribution in [0, 0.1) is 5.41 Å². The molecule has 7 heterocycles. The van der Waals surface area contributed by atoms with E-state index >= 15 is 0 Å². The zero-order valence-corrected chi connectivity index (χ0v) is 28.6. The van der Waals surface area contributed by atoms with E-state index in [2.05, 4.69) is 15.0 Å². The third kappa shape index (κ3) is 5.60. The van der Waals surface area contributed by atoms with Crippen molar-refractivity contribution in [3.05, 3.63) is 45.6 Å². The number of ether oxygens (including phenoxy) is 2. The standard InChI is InChI=1S/C32H39ClN10O6/c1-31(2,3)49-30(47)42(29(45)46)26-22(33)18(8-12-35-26)23-21-25(43(38-23)20-7-5-6-16-48-20)37-28(39(4)27(21)44)40-14-10-32(11-15-40)17-41-19(24(32)34)9-13-36-41/h8-9,12-13,20,24H,5-7,10-11,14-17,34H2,1-4H3,(H,45,46)/t20?,24-/m1/s1. The van der Waals surface area contributed by atoms with Crippen molar-refractivity contribution in [2.45, 2.75) is 77.3 Å². The van der Waals surface area contributed by atoms with E-state index in [1.54, 1.807) is 38.7 Å². The van der Waals surface area contributed by atoms with Crippen LogP contribution in [0.15, 0.2) is 29.3 Å². The molecule has 3 aliphatic heterocycles. The summed E-state index contributed by atoms with van der Waals surface area (Å²) in [5.74, 6) is 0.108. The Labute approximate surface area is 286 Å². The quantitative estimate of drug-likeness (QED) is 0.306. The van der Waals surface area contributed by atoms with E-state index in [1.165, 1.54) is 16.8 Å². The first-order valence-electron chi connectivity index (χ1n) is 16.3. The SMILES string of the molecule is Cn1c(N2CCC3(CC2)Cn2nccc2[C@H]3N)nc2c(c(-c3ccnc(N(C(=O)O)C(=O)OC(C)(C)C)c3Cl)nn2C2CCCCO2)c1=O. The van der Waals surface area contributed by atoms with E-state index in [1.807, 2.05) is 10.7 Å². The lowest BCUT2D eigenvalue weighted by atomic mass is 9.74. The molecule has 17 heteroatoms. The molecule has 2 atom stereocenters. The molecule has 4 aromatic rings. The number of hydrogen-bond donors (Lipinski definition) is 2. The second-order valence-electron chi connectivity index (χ2n) is 13.9. The Bertz CT molecular complexity index is 2000. The molecule has 49 heavy (non-hydrogen) atoms. The Morgan fingerprint density at radius 1 is 1.18 bits per heavy atom. The first-order chi connectivity index (χ1) is 23.3. The zero-order chi connectivity index (χ0) is 34.8. The maximum absolute atomic E-state index is 14.3. The number of piperidine rings is 1. The Kier molecular flexibility index (Phi) is 8.15. The number of carbonyl (C=O) groups is 2. The topological polar surface area (TPSA) is 189 Å². The molecule has 0 aromatic carbocycles. The van der Waals surface area contributed by atoms with Gasteiger partial charge in [-0.25, -0.2) is 19.3 Å². The van der Waals surface area contributed by atoms with E-state index in [9.17, 15) is 19.5 Å². The van der Waals surface area contributed by atoms with Crippen molar-refractivity contribution in [3.8, 4) is 11.3 Å². The summed E-state index contributed by atoms with van der Waals surface area (Å²) in [4.78, 5) is 51.2. The monoisotopic (exact) mass is 694 g/mol. The van der Waals surface area contributed by atoms with Crippen molar-refractivity contribution in [2.75, 3.05) is 29.5 Å². The Morgan fingerprint density at radius 2 is 1.94 bits per heavy atom. The minimum absolute atomic E-state index is 0.118. The van der Waals surface area contributed by atoms with E-state index in [-0.39, 0.29) is 44.5 Å². The zero-order valence-electron chi connectivity index (χ0n) is 27.8. The van der Waals surface area contributed by atoms with Crippen molar-refractivity contribution in [1.82, 2.24) is 34.1 Å². The van der Waals surface area contributed by atoms with Gasteiger partial charge in [0.05, 0.1) is 16.8 Å². The third-order valence-electron chi connectivity index (χ3n) is 9.68. The van der Waals surface area contributed by atoms with Gasteiger partial charge in [0.2, 0.25) is 5.95 Å². The lowest BCUT2D eigenvalue weighted by Crippen LogP contribution is -2.46. The number of nitrogens with two attached hydrogens (primary N) is 1. The number of pyridine rings is 1. The smallest absolute Gasteiger partial charge is 0.425 e. The van der Waals surface area contributed by atoms with Crippen molar-refractivity contribution in [1.29, 1.82) is 0 Å². The summed E-state index contributed by atoms with van der Waals surface area (Å²) in [5, 5.41) is 19.2. The fourth-order valence-electron chi connectivity index (χ4n) is 7.15. The molecule has 260 valence electrons. The average Bonchev–Trinajstić information content (AvgIpc) is 3.74. The normalized spacial score (nSPS) is 20.5. The highest BCUT2D eigenvalue weighted by Gasteiger charge is 2.47. The molecular formula is C32H39ClN10O6. The molecule has 1 unspecified atom stereocenters. The molecule has 0 bridgehead atoms. The summed E-state index contributed by atoms with van der Waals surface area (Å²) < 4.78 is 16.5. The summed E-state index contributed by atoms with van der Waals surface area (Å²) in [6, 6.07) is 3.37. The van der Waals surface area contributed by atoms with E-state index < -0.39 is 24.0 Å². The van der Waals surface area contributed by atoms with Crippen molar-refractivity contribution in [2.24, 2.45) is 18.2 Å². The van der Waals surface area contributed by atoms with Gasteiger partial charge in [0, 0.05) is 56.7 Å². The van der Waals surface area contributed by atoms with Crippen molar-refractivity contribution >= 4 is 46.6 Å². The molecule has 16 nitrogen and oxygen atoms in total. The number of amides is 2. The number of halogens is 1. The summed E-state index contributed by atoms with van der Waals surface area (Å²) in [5.41, 5.74) is 6.96. The number of anilines is 2. The molecule has 0 radical (unpaired) electrons. The lowest BCUT2D eigenvalue weighted by molar-refractivity contribution is -0.0368. The summed E-state index contributed by atoms with van der Waals surface area (Å²) in [6.45, 7) is 7.39. The van der Waals surface area contributed by atoms with E-state index in [0.717, 1.165) is 37.9 Å². The van der Waals surface area contributed by atoms with Gasteiger partial charge in [-0.1, -0.05) is 11.6 Å². The van der Waals surface area contributed by atoms with Gasteiger partial charge >= 0.3 is 12.2 Å². The van der Waals surface area contributed by atoms with Gasteiger partial charge in [-0.2, -0.15) is 20.1 Å². The molecule has 0 saturated carbocycles. The molecule has 3 N–H and O–H groups in total. The van der Waals surface area contributed by atoms with Crippen LogP contribution in [0.25, 0.3) is 22.3 Å².